The van der Waals surface area contributed by atoms with E-state index in [9.17, 15) is 39.0 Å². The van der Waals surface area contributed by atoms with E-state index in [0.29, 0.717) is 0 Å². The highest BCUT2D eigenvalue weighted by Gasteiger charge is 2.30. The van der Waals surface area contributed by atoms with Gasteiger partial charge in [-0.05, 0) is 19.3 Å². The summed E-state index contributed by atoms with van der Waals surface area (Å²) in [5, 5.41) is 25.4. The molecule has 0 saturated heterocycles. The van der Waals surface area contributed by atoms with Crippen LogP contribution >= 0.6 is 0 Å². The third-order valence-corrected chi connectivity index (χ3v) is 4.45. The average Bonchev–Trinajstić information content (AvgIpc) is 2.75. The minimum absolute atomic E-state index is 0.0566. The first-order valence-electron chi connectivity index (χ1n) is 10.4. The van der Waals surface area contributed by atoms with E-state index in [1.54, 1.807) is 0 Å². The molecule has 0 aromatic carbocycles. The predicted molar refractivity (Wildman–Crippen MR) is 121 cm³/mol. The Bertz CT molecular complexity index is 816. The topological polar surface area (TPSA) is 321 Å². The van der Waals surface area contributed by atoms with Crippen LogP contribution in [0.5, 0.6) is 0 Å². The summed E-state index contributed by atoms with van der Waals surface area (Å²) in [6.45, 7) is -0.809. The fourth-order valence-corrected chi connectivity index (χ4v) is 2.64. The molecule has 0 aromatic heterocycles. The van der Waals surface area contributed by atoms with E-state index in [-0.39, 0.29) is 38.2 Å². The molecule has 0 aliphatic carbocycles. The van der Waals surface area contributed by atoms with E-state index in [2.05, 4.69) is 20.9 Å². The Balaban J connectivity index is 5.27. The Labute approximate surface area is 200 Å². The standard InChI is InChI=1S/C18H33N9O8/c19-8(6-13(21)30)14(31)25-9(3-4-12(20)29)15(32)27-11(7-28)16(33)26-10(17(34)35)2-1-5-24-18(22)23/h8-11,28H,1-7,19H2,(H2,20,29)(H2,21,30)(H,25,31)(H,26,33)(H,27,32)(H,34,35)(H4,22,23,24). The molecule has 35 heavy (non-hydrogen) atoms. The van der Waals surface area contributed by atoms with Crippen LogP contribution in [0.3, 0.4) is 0 Å². The van der Waals surface area contributed by atoms with Crippen LogP contribution < -0.4 is 44.6 Å². The summed E-state index contributed by atoms with van der Waals surface area (Å²) in [5.74, 6) is -6.18. The fourth-order valence-electron chi connectivity index (χ4n) is 2.64. The van der Waals surface area contributed by atoms with E-state index in [1.807, 2.05) is 0 Å². The van der Waals surface area contributed by atoms with Crippen molar-refractivity contribution < 1.29 is 39.0 Å². The lowest BCUT2D eigenvalue weighted by Gasteiger charge is -2.24. The molecule has 17 nitrogen and oxygen atoms in total. The molecule has 0 aliphatic rings. The van der Waals surface area contributed by atoms with Gasteiger partial charge in [-0.1, -0.05) is 0 Å². The first-order valence-corrected chi connectivity index (χ1v) is 10.4. The van der Waals surface area contributed by atoms with Gasteiger partial charge in [0.2, 0.25) is 29.5 Å². The number of aliphatic hydroxyl groups excluding tert-OH is 1. The van der Waals surface area contributed by atoms with E-state index in [1.165, 1.54) is 0 Å². The van der Waals surface area contributed by atoms with Crippen LogP contribution in [-0.4, -0.2) is 89.0 Å². The summed E-state index contributed by atoms with van der Waals surface area (Å²) in [7, 11) is 0. The van der Waals surface area contributed by atoms with Crippen molar-refractivity contribution in [1.82, 2.24) is 16.0 Å². The largest absolute Gasteiger partial charge is 0.480 e. The van der Waals surface area contributed by atoms with Crippen molar-refractivity contribution in [3.63, 3.8) is 0 Å². The summed E-state index contributed by atoms with van der Waals surface area (Å²) in [6, 6.07) is -5.79. The number of aliphatic imine (C=N–C) groups is 1. The van der Waals surface area contributed by atoms with Gasteiger partial charge in [-0.15, -0.1) is 0 Å². The second-order valence-electron chi connectivity index (χ2n) is 7.44. The van der Waals surface area contributed by atoms with E-state index in [0.717, 1.165) is 0 Å². The minimum atomic E-state index is -1.60. The van der Waals surface area contributed by atoms with Crippen molar-refractivity contribution in [3.8, 4) is 0 Å². The first kappa shape index (κ1) is 31.0. The highest BCUT2D eigenvalue weighted by molar-refractivity contribution is 5.95. The number of aliphatic carboxylic acids is 1. The highest BCUT2D eigenvalue weighted by Crippen LogP contribution is 2.03. The summed E-state index contributed by atoms with van der Waals surface area (Å²) in [4.78, 5) is 74.4. The summed E-state index contributed by atoms with van der Waals surface area (Å²) < 4.78 is 0. The number of nitrogens with two attached hydrogens (primary N) is 5. The normalized spacial score (nSPS) is 13.9. The van der Waals surface area contributed by atoms with Crippen molar-refractivity contribution in [2.45, 2.75) is 56.3 Å². The van der Waals surface area contributed by atoms with Gasteiger partial charge in [0, 0.05) is 13.0 Å². The summed E-state index contributed by atoms with van der Waals surface area (Å²) >= 11 is 0. The molecule has 0 aliphatic heterocycles. The van der Waals surface area contributed by atoms with Gasteiger partial charge in [0.05, 0.1) is 19.1 Å². The lowest BCUT2D eigenvalue weighted by Crippen LogP contribution is -2.58. The molecule has 0 heterocycles. The molecule has 15 N–H and O–H groups in total. The quantitative estimate of drug-likeness (QED) is 0.0505. The van der Waals surface area contributed by atoms with Crippen LogP contribution in [0.15, 0.2) is 4.99 Å². The van der Waals surface area contributed by atoms with Crippen molar-refractivity contribution in [2.75, 3.05) is 13.2 Å². The zero-order valence-corrected chi connectivity index (χ0v) is 18.9. The molecule has 0 bridgehead atoms. The highest BCUT2D eigenvalue weighted by atomic mass is 16.4. The molecule has 0 fully saturated rings. The number of carbonyl (C=O) groups is 6. The Kier molecular flexibility index (Phi) is 14.0. The van der Waals surface area contributed by atoms with Crippen molar-refractivity contribution in [2.24, 2.45) is 33.7 Å². The molecule has 5 amide bonds. The Hall–Kier alpha value is -3.99. The number of nitrogens with one attached hydrogen (secondary N) is 3. The molecular weight excluding hydrogens is 470 g/mol. The number of aliphatic hydroxyl groups is 1. The van der Waals surface area contributed by atoms with Gasteiger partial charge in [0.15, 0.2) is 5.96 Å². The molecule has 4 unspecified atom stereocenters. The zero-order chi connectivity index (χ0) is 27.1. The lowest BCUT2D eigenvalue weighted by atomic mass is 10.1. The van der Waals surface area contributed by atoms with Crippen LogP contribution in [0.1, 0.15) is 32.1 Å². The third kappa shape index (κ3) is 13.3. The van der Waals surface area contributed by atoms with Gasteiger partial charge in [-0.25, -0.2) is 4.79 Å². The molecule has 0 aromatic rings. The van der Waals surface area contributed by atoms with E-state index < -0.39 is 72.7 Å². The number of guanidine groups is 1. The number of amides is 5. The molecular formula is C18H33N9O8. The maximum absolute atomic E-state index is 12.6. The SMILES string of the molecule is NC(=O)CCC(NC(=O)C(N)CC(N)=O)C(=O)NC(CO)C(=O)NC(CCCN=C(N)N)C(=O)O. The number of carboxylic acid groups (broad SMARTS) is 1. The number of hydrogen-bond acceptors (Lipinski definition) is 9. The average molecular weight is 504 g/mol. The molecule has 17 heteroatoms. The van der Waals surface area contributed by atoms with Crippen molar-refractivity contribution in [3.05, 3.63) is 0 Å². The smallest absolute Gasteiger partial charge is 0.326 e. The minimum Gasteiger partial charge on any atom is -0.480 e. The Morgan fingerprint density at radius 3 is 1.80 bits per heavy atom. The number of hydrogen-bond donors (Lipinski definition) is 10. The molecule has 4 atom stereocenters. The molecule has 0 rings (SSSR count). The number of carboxylic acids is 1. The second kappa shape index (κ2) is 15.8. The molecule has 0 radical (unpaired) electrons. The van der Waals surface area contributed by atoms with Gasteiger partial charge in [-0.2, -0.15) is 0 Å². The van der Waals surface area contributed by atoms with E-state index >= 15 is 0 Å². The maximum atomic E-state index is 12.6. The zero-order valence-electron chi connectivity index (χ0n) is 18.9. The van der Waals surface area contributed by atoms with Gasteiger partial charge >= 0.3 is 5.97 Å². The Morgan fingerprint density at radius 1 is 0.771 bits per heavy atom. The van der Waals surface area contributed by atoms with Crippen molar-refractivity contribution in [1.29, 1.82) is 0 Å². The third-order valence-electron chi connectivity index (χ3n) is 4.45. The lowest BCUT2D eigenvalue weighted by molar-refractivity contribution is -0.142. The number of rotatable bonds is 17. The fraction of sp³-hybridized carbons (Fsp3) is 0.611. The molecule has 0 spiro atoms. The van der Waals surface area contributed by atoms with Crippen LogP contribution in [0.2, 0.25) is 0 Å². The maximum Gasteiger partial charge on any atom is 0.326 e. The van der Waals surface area contributed by atoms with Gasteiger partial charge in [0.1, 0.15) is 18.1 Å². The van der Waals surface area contributed by atoms with Crippen LogP contribution in [0, 0.1) is 0 Å². The van der Waals surface area contributed by atoms with Gasteiger partial charge in [-0.3, -0.25) is 29.0 Å². The summed E-state index contributed by atoms with van der Waals surface area (Å²) in [5.41, 5.74) is 25.9. The number of nitrogens with zero attached hydrogens (tertiary/aromatic N) is 1. The second-order valence-corrected chi connectivity index (χ2v) is 7.44. The molecule has 0 saturated carbocycles. The van der Waals surface area contributed by atoms with Crippen molar-refractivity contribution >= 4 is 41.5 Å². The van der Waals surface area contributed by atoms with Gasteiger partial charge in [0.25, 0.3) is 0 Å². The number of primary amides is 2. The predicted octanol–water partition coefficient (Wildman–Crippen LogP) is -5.96. The Morgan fingerprint density at radius 2 is 1.31 bits per heavy atom. The van der Waals surface area contributed by atoms with Crippen LogP contribution in [0.25, 0.3) is 0 Å². The number of carbonyl (C=O) groups excluding carboxylic acids is 5. The summed E-state index contributed by atoms with van der Waals surface area (Å²) in [6.07, 6.45) is -0.997. The van der Waals surface area contributed by atoms with Crippen LogP contribution in [0.4, 0.5) is 0 Å². The van der Waals surface area contributed by atoms with Gasteiger partial charge < -0.3 is 54.8 Å². The molecule has 198 valence electrons. The van der Waals surface area contributed by atoms with E-state index in [4.69, 9.17) is 28.7 Å². The monoisotopic (exact) mass is 503 g/mol. The van der Waals surface area contributed by atoms with Crippen LogP contribution in [-0.2, 0) is 28.8 Å². The first-order chi connectivity index (χ1) is 16.3.